The molecule has 0 bridgehead atoms. The van der Waals surface area contributed by atoms with E-state index in [2.05, 4.69) is 4.90 Å². The SMILES string of the molecule is Nc1ccc(C(=O)CCN2CCOCC2)cc1. The van der Waals surface area contributed by atoms with E-state index in [4.69, 9.17) is 10.5 Å². The van der Waals surface area contributed by atoms with Gasteiger partial charge in [-0.05, 0) is 24.3 Å². The molecular formula is C13H18N2O2. The van der Waals surface area contributed by atoms with Gasteiger partial charge in [0.05, 0.1) is 13.2 Å². The van der Waals surface area contributed by atoms with Crippen molar-refractivity contribution in [2.24, 2.45) is 0 Å². The van der Waals surface area contributed by atoms with E-state index >= 15 is 0 Å². The summed E-state index contributed by atoms with van der Waals surface area (Å²) < 4.78 is 5.26. The second-order valence-corrected chi connectivity index (χ2v) is 4.25. The summed E-state index contributed by atoms with van der Waals surface area (Å²) in [5.74, 6) is 0.177. The van der Waals surface area contributed by atoms with Crippen molar-refractivity contribution in [1.29, 1.82) is 0 Å². The molecule has 0 saturated carbocycles. The van der Waals surface area contributed by atoms with E-state index in [0.717, 1.165) is 38.4 Å². The first-order valence-corrected chi connectivity index (χ1v) is 5.94. The first-order valence-electron chi connectivity index (χ1n) is 5.94. The zero-order valence-corrected chi connectivity index (χ0v) is 9.89. The predicted molar refractivity (Wildman–Crippen MR) is 67.1 cm³/mol. The molecule has 0 amide bonds. The number of nitrogens with zero attached hydrogens (tertiary/aromatic N) is 1. The molecular weight excluding hydrogens is 216 g/mol. The third kappa shape index (κ3) is 3.54. The Morgan fingerprint density at radius 3 is 2.53 bits per heavy atom. The number of nitrogen functional groups attached to an aromatic ring is 1. The van der Waals surface area contributed by atoms with Gasteiger partial charge in [0.1, 0.15) is 0 Å². The van der Waals surface area contributed by atoms with Crippen molar-refractivity contribution in [3.8, 4) is 0 Å². The lowest BCUT2D eigenvalue weighted by atomic mass is 10.1. The smallest absolute Gasteiger partial charge is 0.164 e. The Bertz CT molecular complexity index is 370. The van der Waals surface area contributed by atoms with Crippen LogP contribution in [0.4, 0.5) is 5.69 Å². The molecule has 0 spiro atoms. The number of hydrogen-bond donors (Lipinski definition) is 1. The lowest BCUT2D eigenvalue weighted by Crippen LogP contribution is -2.37. The molecule has 0 atom stereocenters. The topological polar surface area (TPSA) is 55.6 Å². The largest absolute Gasteiger partial charge is 0.399 e. The van der Waals surface area contributed by atoms with E-state index in [1.807, 2.05) is 0 Å². The van der Waals surface area contributed by atoms with Crippen molar-refractivity contribution in [2.75, 3.05) is 38.6 Å². The zero-order valence-electron chi connectivity index (χ0n) is 9.89. The van der Waals surface area contributed by atoms with Crippen LogP contribution < -0.4 is 5.73 Å². The molecule has 1 aromatic carbocycles. The minimum Gasteiger partial charge on any atom is -0.399 e. The number of morpholine rings is 1. The van der Waals surface area contributed by atoms with Crippen LogP contribution in [0.5, 0.6) is 0 Å². The molecule has 2 N–H and O–H groups in total. The van der Waals surface area contributed by atoms with Gasteiger partial charge in [0.25, 0.3) is 0 Å². The first kappa shape index (κ1) is 12.1. The Morgan fingerprint density at radius 1 is 1.24 bits per heavy atom. The third-order valence-corrected chi connectivity index (χ3v) is 2.99. The number of anilines is 1. The van der Waals surface area contributed by atoms with Crippen LogP contribution in [0.1, 0.15) is 16.8 Å². The maximum Gasteiger partial charge on any atom is 0.164 e. The van der Waals surface area contributed by atoms with E-state index in [0.29, 0.717) is 12.1 Å². The van der Waals surface area contributed by atoms with Crippen molar-refractivity contribution >= 4 is 11.5 Å². The van der Waals surface area contributed by atoms with Gasteiger partial charge < -0.3 is 10.5 Å². The van der Waals surface area contributed by atoms with Crippen LogP contribution in [0.25, 0.3) is 0 Å². The summed E-state index contributed by atoms with van der Waals surface area (Å²) >= 11 is 0. The van der Waals surface area contributed by atoms with Crippen LogP contribution in [0.2, 0.25) is 0 Å². The number of nitrogens with two attached hydrogens (primary N) is 1. The summed E-state index contributed by atoms with van der Waals surface area (Å²) in [6, 6.07) is 7.11. The zero-order chi connectivity index (χ0) is 12.1. The molecule has 4 heteroatoms. The van der Waals surface area contributed by atoms with E-state index in [9.17, 15) is 4.79 Å². The third-order valence-electron chi connectivity index (χ3n) is 2.99. The number of benzene rings is 1. The maximum atomic E-state index is 11.9. The highest BCUT2D eigenvalue weighted by molar-refractivity contribution is 5.96. The summed E-state index contributed by atoms with van der Waals surface area (Å²) in [6.07, 6.45) is 0.559. The second kappa shape index (κ2) is 5.80. The minimum absolute atomic E-state index is 0.177. The van der Waals surface area contributed by atoms with Gasteiger partial charge in [0, 0.05) is 37.3 Å². The summed E-state index contributed by atoms with van der Waals surface area (Å²) in [5, 5.41) is 0. The molecule has 17 heavy (non-hydrogen) atoms. The average Bonchev–Trinajstić information content (AvgIpc) is 2.38. The highest BCUT2D eigenvalue weighted by atomic mass is 16.5. The molecule has 1 aromatic rings. The van der Waals surface area contributed by atoms with E-state index in [1.54, 1.807) is 24.3 Å². The Balaban J connectivity index is 1.82. The Morgan fingerprint density at radius 2 is 1.88 bits per heavy atom. The molecule has 1 fully saturated rings. The molecule has 0 aliphatic carbocycles. The predicted octanol–water partition coefficient (Wildman–Crippen LogP) is 1.17. The normalized spacial score (nSPS) is 16.9. The van der Waals surface area contributed by atoms with E-state index in [-0.39, 0.29) is 5.78 Å². The average molecular weight is 234 g/mol. The molecule has 92 valence electrons. The summed E-state index contributed by atoms with van der Waals surface area (Å²) in [6.45, 7) is 4.21. The van der Waals surface area contributed by atoms with Gasteiger partial charge in [-0.2, -0.15) is 0 Å². The van der Waals surface area contributed by atoms with Crippen LogP contribution >= 0.6 is 0 Å². The fourth-order valence-electron chi connectivity index (χ4n) is 1.90. The van der Waals surface area contributed by atoms with E-state index in [1.165, 1.54) is 0 Å². The molecule has 1 aliphatic heterocycles. The lowest BCUT2D eigenvalue weighted by Gasteiger charge is -2.26. The fraction of sp³-hybridized carbons (Fsp3) is 0.462. The van der Waals surface area contributed by atoms with Gasteiger partial charge in [-0.25, -0.2) is 0 Å². The quantitative estimate of drug-likeness (QED) is 0.627. The molecule has 1 heterocycles. The number of rotatable bonds is 4. The van der Waals surface area contributed by atoms with Crippen molar-refractivity contribution in [3.63, 3.8) is 0 Å². The minimum atomic E-state index is 0.177. The van der Waals surface area contributed by atoms with Crippen molar-refractivity contribution in [1.82, 2.24) is 4.90 Å². The maximum absolute atomic E-state index is 11.9. The second-order valence-electron chi connectivity index (χ2n) is 4.25. The fourth-order valence-corrected chi connectivity index (χ4v) is 1.90. The highest BCUT2D eigenvalue weighted by Crippen LogP contribution is 2.09. The molecule has 0 aromatic heterocycles. The molecule has 0 unspecified atom stereocenters. The number of hydrogen-bond acceptors (Lipinski definition) is 4. The van der Waals surface area contributed by atoms with Crippen LogP contribution in [0, 0.1) is 0 Å². The van der Waals surface area contributed by atoms with Crippen molar-refractivity contribution in [2.45, 2.75) is 6.42 Å². The van der Waals surface area contributed by atoms with Gasteiger partial charge >= 0.3 is 0 Å². The summed E-state index contributed by atoms with van der Waals surface area (Å²) in [5.41, 5.74) is 7.02. The molecule has 1 saturated heterocycles. The van der Waals surface area contributed by atoms with Crippen LogP contribution in [-0.2, 0) is 4.74 Å². The Hall–Kier alpha value is -1.39. The number of ether oxygens (including phenoxy) is 1. The van der Waals surface area contributed by atoms with Gasteiger partial charge in [-0.1, -0.05) is 0 Å². The first-order chi connectivity index (χ1) is 8.25. The Labute approximate surface area is 101 Å². The van der Waals surface area contributed by atoms with Crippen molar-refractivity contribution in [3.05, 3.63) is 29.8 Å². The highest BCUT2D eigenvalue weighted by Gasteiger charge is 2.12. The van der Waals surface area contributed by atoms with Crippen LogP contribution in [0.15, 0.2) is 24.3 Å². The van der Waals surface area contributed by atoms with Gasteiger partial charge in [0.15, 0.2) is 5.78 Å². The number of Topliss-reactive ketones (excluding diaryl/α,β-unsaturated/α-hetero) is 1. The van der Waals surface area contributed by atoms with Crippen molar-refractivity contribution < 1.29 is 9.53 Å². The molecule has 0 radical (unpaired) electrons. The number of ketones is 1. The van der Waals surface area contributed by atoms with Gasteiger partial charge in [-0.15, -0.1) is 0 Å². The molecule has 1 aliphatic rings. The number of carbonyl (C=O) groups is 1. The molecule has 2 rings (SSSR count). The standard InChI is InChI=1S/C13H18N2O2/c14-12-3-1-11(2-4-12)13(16)5-6-15-7-9-17-10-8-15/h1-4H,5-10,14H2. The van der Waals surface area contributed by atoms with Crippen LogP contribution in [0.3, 0.4) is 0 Å². The number of carbonyl (C=O) groups excluding carboxylic acids is 1. The van der Waals surface area contributed by atoms with Gasteiger partial charge in [-0.3, -0.25) is 9.69 Å². The lowest BCUT2D eigenvalue weighted by molar-refractivity contribution is 0.0370. The molecule has 4 nitrogen and oxygen atoms in total. The summed E-state index contributed by atoms with van der Waals surface area (Å²) in [7, 11) is 0. The van der Waals surface area contributed by atoms with Gasteiger partial charge in [0.2, 0.25) is 0 Å². The van der Waals surface area contributed by atoms with Crippen LogP contribution in [-0.4, -0.2) is 43.5 Å². The Kier molecular flexibility index (Phi) is 4.12. The van der Waals surface area contributed by atoms with E-state index < -0.39 is 0 Å². The summed E-state index contributed by atoms with van der Waals surface area (Å²) in [4.78, 5) is 14.2. The monoisotopic (exact) mass is 234 g/mol.